The Morgan fingerprint density at radius 2 is 2.28 bits per heavy atom. The molecule has 2 fully saturated rings. The third-order valence-corrected chi connectivity index (χ3v) is 4.32. The standard InChI is InChI=1S/C14H23N3O/c1-16-8-6-15-14(16)13(18)12-3-2-7-17(10-12)9-11-4-5-11/h6,8,11-13,18H,2-5,7,9-10H2,1H3. The van der Waals surface area contributed by atoms with Gasteiger partial charge in [-0.25, -0.2) is 4.98 Å². The molecule has 0 radical (unpaired) electrons. The molecule has 3 rings (SSSR count). The van der Waals surface area contributed by atoms with Gasteiger partial charge in [-0.05, 0) is 38.1 Å². The largest absolute Gasteiger partial charge is 0.385 e. The van der Waals surface area contributed by atoms with Crippen molar-refractivity contribution in [3.8, 4) is 0 Å². The lowest BCUT2D eigenvalue weighted by atomic mass is 9.92. The van der Waals surface area contributed by atoms with E-state index < -0.39 is 6.10 Å². The highest BCUT2D eigenvalue weighted by Crippen LogP contribution is 2.33. The van der Waals surface area contributed by atoms with Gasteiger partial charge in [0.05, 0.1) is 0 Å². The Bertz CT molecular complexity index is 399. The van der Waals surface area contributed by atoms with Gasteiger partial charge in [0.15, 0.2) is 0 Å². The van der Waals surface area contributed by atoms with Crippen LogP contribution in [0.2, 0.25) is 0 Å². The first kappa shape index (κ1) is 12.2. The molecule has 1 saturated carbocycles. The second-order valence-corrected chi connectivity index (χ2v) is 5.95. The SMILES string of the molecule is Cn1ccnc1C(O)C1CCCN(CC2CC2)C1. The van der Waals surface area contributed by atoms with Gasteiger partial charge in [0.1, 0.15) is 11.9 Å². The van der Waals surface area contributed by atoms with E-state index in [4.69, 9.17) is 0 Å². The Labute approximate surface area is 109 Å². The molecule has 0 spiro atoms. The molecule has 0 amide bonds. The number of likely N-dealkylation sites (tertiary alicyclic amines) is 1. The Kier molecular flexibility index (Phi) is 3.39. The molecule has 4 heteroatoms. The first-order valence-corrected chi connectivity index (χ1v) is 7.11. The summed E-state index contributed by atoms with van der Waals surface area (Å²) in [7, 11) is 1.95. The van der Waals surface area contributed by atoms with Crippen LogP contribution in [0.5, 0.6) is 0 Å². The Morgan fingerprint density at radius 3 is 2.94 bits per heavy atom. The van der Waals surface area contributed by atoms with Gasteiger partial charge in [-0.1, -0.05) is 0 Å². The molecule has 1 N–H and O–H groups in total. The Hall–Kier alpha value is -0.870. The van der Waals surface area contributed by atoms with Crippen LogP contribution in [0, 0.1) is 11.8 Å². The highest BCUT2D eigenvalue weighted by atomic mass is 16.3. The number of imidazole rings is 1. The van der Waals surface area contributed by atoms with Crippen molar-refractivity contribution >= 4 is 0 Å². The fraction of sp³-hybridized carbons (Fsp3) is 0.786. The van der Waals surface area contributed by atoms with Gasteiger partial charge in [-0.15, -0.1) is 0 Å². The summed E-state index contributed by atoms with van der Waals surface area (Å²) in [5.74, 6) is 2.10. The maximum atomic E-state index is 10.5. The minimum absolute atomic E-state index is 0.346. The monoisotopic (exact) mass is 249 g/mol. The molecule has 100 valence electrons. The number of hydrogen-bond donors (Lipinski definition) is 1. The fourth-order valence-corrected chi connectivity index (χ4v) is 3.05. The summed E-state index contributed by atoms with van der Waals surface area (Å²) in [5, 5.41) is 10.5. The molecule has 2 atom stereocenters. The normalized spacial score (nSPS) is 27.3. The van der Waals surface area contributed by atoms with Crippen LogP contribution < -0.4 is 0 Å². The maximum absolute atomic E-state index is 10.5. The van der Waals surface area contributed by atoms with E-state index >= 15 is 0 Å². The van der Waals surface area contributed by atoms with Crippen LogP contribution in [0.4, 0.5) is 0 Å². The van der Waals surface area contributed by atoms with E-state index in [1.54, 1.807) is 6.20 Å². The minimum atomic E-state index is -0.410. The van der Waals surface area contributed by atoms with Crippen LogP contribution in [0.25, 0.3) is 0 Å². The van der Waals surface area contributed by atoms with Gasteiger partial charge in [0, 0.05) is 38.4 Å². The molecule has 2 aliphatic rings. The Balaban J connectivity index is 1.62. The zero-order valence-electron chi connectivity index (χ0n) is 11.1. The number of rotatable bonds is 4. The lowest BCUT2D eigenvalue weighted by Crippen LogP contribution is -2.39. The topological polar surface area (TPSA) is 41.3 Å². The van der Waals surface area contributed by atoms with Gasteiger partial charge >= 0.3 is 0 Å². The highest BCUT2D eigenvalue weighted by Gasteiger charge is 2.31. The molecule has 1 aliphatic carbocycles. The van der Waals surface area contributed by atoms with Crippen molar-refractivity contribution in [1.29, 1.82) is 0 Å². The number of hydrogen-bond acceptors (Lipinski definition) is 3. The number of aliphatic hydroxyl groups is 1. The smallest absolute Gasteiger partial charge is 0.137 e. The number of aromatic nitrogens is 2. The van der Waals surface area contributed by atoms with Gasteiger partial charge in [-0.2, -0.15) is 0 Å². The van der Waals surface area contributed by atoms with E-state index in [1.807, 2.05) is 17.8 Å². The molecule has 4 nitrogen and oxygen atoms in total. The summed E-state index contributed by atoms with van der Waals surface area (Å²) in [6.45, 7) is 3.48. The molecule has 2 heterocycles. The van der Waals surface area contributed by atoms with E-state index in [0.717, 1.165) is 24.7 Å². The van der Waals surface area contributed by atoms with Gasteiger partial charge in [0.2, 0.25) is 0 Å². The average Bonchev–Trinajstić information content (AvgIpc) is 3.08. The van der Waals surface area contributed by atoms with Gasteiger partial charge in [-0.3, -0.25) is 0 Å². The van der Waals surface area contributed by atoms with Crippen LogP contribution in [0.3, 0.4) is 0 Å². The molecular formula is C14H23N3O. The average molecular weight is 249 g/mol. The molecule has 1 saturated heterocycles. The lowest BCUT2D eigenvalue weighted by molar-refractivity contribution is 0.0416. The van der Waals surface area contributed by atoms with E-state index in [1.165, 1.54) is 32.4 Å². The van der Waals surface area contributed by atoms with Crippen molar-refractivity contribution in [2.45, 2.75) is 31.8 Å². The molecule has 2 unspecified atom stereocenters. The van der Waals surface area contributed by atoms with E-state index in [2.05, 4.69) is 9.88 Å². The molecule has 18 heavy (non-hydrogen) atoms. The van der Waals surface area contributed by atoms with Gasteiger partial charge < -0.3 is 14.6 Å². The van der Waals surface area contributed by atoms with Crippen LogP contribution in [0.1, 0.15) is 37.6 Å². The first-order chi connectivity index (χ1) is 8.74. The van der Waals surface area contributed by atoms with Crippen molar-refractivity contribution in [2.24, 2.45) is 18.9 Å². The summed E-state index contributed by atoms with van der Waals surface area (Å²) < 4.78 is 1.94. The van der Waals surface area contributed by atoms with Crippen LogP contribution >= 0.6 is 0 Å². The summed E-state index contributed by atoms with van der Waals surface area (Å²) >= 11 is 0. The molecule has 1 aliphatic heterocycles. The molecule has 0 aromatic carbocycles. The zero-order chi connectivity index (χ0) is 12.5. The van der Waals surface area contributed by atoms with Crippen LogP contribution in [-0.4, -0.2) is 39.2 Å². The van der Waals surface area contributed by atoms with Crippen molar-refractivity contribution in [3.05, 3.63) is 18.2 Å². The van der Waals surface area contributed by atoms with E-state index in [9.17, 15) is 5.11 Å². The molecule has 0 bridgehead atoms. The van der Waals surface area contributed by atoms with Crippen molar-refractivity contribution in [2.75, 3.05) is 19.6 Å². The van der Waals surface area contributed by atoms with Crippen LogP contribution in [-0.2, 0) is 7.05 Å². The zero-order valence-corrected chi connectivity index (χ0v) is 11.1. The van der Waals surface area contributed by atoms with Crippen LogP contribution in [0.15, 0.2) is 12.4 Å². The minimum Gasteiger partial charge on any atom is -0.385 e. The molecule has 1 aromatic rings. The highest BCUT2D eigenvalue weighted by molar-refractivity contribution is 4.99. The van der Waals surface area contributed by atoms with Crippen molar-refractivity contribution < 1.29 is 5.11 Å². The number of aryl methyl sites for hydroxylation is 1. The molecule has 1 aromatic heterocycles. The van der Waals surface area contributed by atoms with Gasteiger partial charge in [0.25, 0.3) is 0 Å². The predicted molar refractivity (Wildman–Crippen MR) is 70.1 cm³/mol. The van der Waals surface area contributed by atoms with E-state index in [-0.39, 0.29) is 0 Å². The van der Waals surface area contributed by atoms with E-state index in [0.29, 0.717) is 5.92 Å². The quantitative estimate of drug-likeness (QED) is 0.881. The fourth-order valence-electron chi connectivity index (χ4n) is 3.05. The predicted octanol–water partition coefficient (Wildman–Crippen LogP) is 1.58. The maximum Gasteiger partial charge on any atom is 0.137 e. The number of aliphatic hydroxyl groups excluding tert-OH is 1. The Morgan fingerprint density at radius 1 is 1.44 bits per heavy atom. The third-order valence-electron chi connectivity index (χ3n) is 4.32. The van der Waals surface area contributed by atoms with Crippen molar-refractivity contribution in [1.82, 2.24) is 14.5 Å². The lowest BCUT2D eigenvalue weighted by Gasteiger charge is -2.34. The summed E-state index contributed by atoms with van der Waals surface area (Å²) in [6.07, 6.45) is 8.40. The van der Waals surface area contributed by atoms with Crippen molar-refractivity contribution in [3.63, 3.8) is 0 Å². The third kappa shape index (κ3) is 2.59. The number of nitrogens with zero attached hydrogens (tertiary/aromatic N) is 3. The summed E-state index contributed by atoms with van der Waals surface area (Å²) in [6, 6.07) is 0. The second-order valence-electron chi connectivity index (χ2n) is 5.95. The molecular weight excluding hydrogens is 226 g/mol. The summed E-state index contributed by atoms with van der Waals surface area (Å²) in [4.78, 5) is 6.82. The second kappa shape index (κ2) is 5.02. The summed E-state index contributed by atoms with van der Waals surface area (Å²) in [5.41, 5.74) is 0. The number of piperidine rings is 1. The first-order valence-electron chi connectivity index (χ1n) is 7.11.